The molecule has 0 amide bonds. The lowest BCUT2D eigenvalue weighted by molar-refractivity contribution is -0.343. The van der Waals surface area contributed by atoms with Crippen molar-refractivity contribution in [3.05, 3.63) is 0 Å². The van der Waals surface area contributed by atoms with Crippen LogP contribution in [0.5, 0.6) is 0 Å². The molecule has 0 saturated carbocycles. The number of rotatable bonds is 6. The van der Waals surface area contributed by atoms with Gasteiger partial charge in [-0.25, -0.2) is 0 Å². The van der Waals surface area contributed by atoms with Crippen molar-refractivity contribution in [1.29, 1.82) is 0 Å². The van der Waals surface area contributed by atoms with E-state index in [0.717, 1.165) is 0 Å². The number of carbonyl (C=O) groups is 2. The molecule has 0 saturated heterocycles. The van der Waals surface area contributed by atoms with Gasteiger partial charge in [-0.05, 0) is 19.8 Å². The maximum absolute atomic E-state index is 10.4. The van der Waals surface area contributed by atoms with Crippen LogP contribution in [-0.2, 0) is 14.3 Å². The van der Waals surface area contributed by atoms with Crippen LogP contribution in [-0.4, -0.2) is 23.6 Å². The molecule has 0 aromatic carbocycles. The van der Waals surface area contributed by atoms with E-state index in [1.54, 1.807) is 20.8 Å². The smallest absolute Gasteiger partial charge is 0.137 e. The predicted octanol–water partition coefficient (Wildman–Crippen LogP) is -1.55. The molecule has 0 aliphatic rings. The molecule has 0 bridgehead atoms. The Balaban J connectivity index is 4.58. The van der Waals surface area contributed by atoms with Crippen molar-refractivity contribution in [2.45, 2.75) is 45.3 Å². The largest absolute Gasteiger partial charge is 0.547 e. The van der Waals surface area contributed by atoms with E-state index in [9.17, 15) is 19.8 Å². The maximum Gasteiger partial charge on any atom is 0.137 e. The van der Waals surface area contributed by atoms with Crippen LogP contribution in [0, 0.1) is 0 Å². The zero-order valence-corrected chi connectivity index (χ0v) is 8.53. The summed E-state index contributed by atoms with van der Waals surface area (Å²) >= 11 is 0. The highest BCUT2D eigenvalue weighted by Crippen LogP contribution is 2.21. The van der Waals surface area contributed by atoms with E-state index < -0.39 is 23.6 Å². The van der Waals surface area contributed by atoms with Crippen LogP contribution >= 0.6 is 0 Å². The van der Waals surface area contributed by atoms with Crippen molar-refractivity contribution < 1.29 is 24.5 Å². The third kappa shape index (κ3) is 3.33. The lowest BCUT2D eigenvalue weighted by atomic mass is 10.00. The second-order valence-electron chi connectivity index (χ2n) is 3.29. The first-order valence-electron chi connectivity index (χ1n) is 4.45. The van der Waals surface area contributed by atoms with E-state index in [1.807, 2.05) is 0 Å². The molecular formula is C9H14O5-2. The van der Waals surface area contributed by atoms with E-state index in [1.165, 1.54) is 0 Å². The molecule has 0 unspecified atom stereocenters. The van der Waals surface area contributed by atoms with Gasteiger partial charge in [0.1, 0.15) is 6.10 Å². The van der Waals surface area contributed by atoms with Gasteiger partial charge < -0.3 is 24.5 Å². The topological polar surface area (TPSA) is 89.5 Å². The summed E-state index contributed by atoms with van der Waals surface area (Å²) in [5.41, 5.74) is -0.773. The van der Waals surface area contributed by atoms with Crippen molar-refractivity contribution in [1.82, 2.24) is 0 Å². The fourth-order valence-electron chi connectivity index (χ4n) is 0.894. The molecule has 5 heteroatoms. The quantitative estimate of drug-likeness (QED) is 0.486. The van der Waals surface area contributed by atoms with Crippen molar-refractivity contribution in [2.24, 2.45) is 0 Å². The lowest BCUT2D eigenvalue weighted by Crippen LogP contribution is -2.52. The highest BCUT2D eigenvalue weighted by molar-refractivity contribution is 5.93. The molecule has 0 rings (SSSR count). The SMILES string of the molecule is CCC(C)(CC)OC(C(=O)[O-])C(=O)[O-]. The minimum Gasteiger partial charge on any atom is -0.547 e. The molecular weight excluding hydrogens is 188 g/mol. The molecule has 0 aromatic rings. The van der Waals surface area contributed by atoms with Crippen LogP contribution in [0.25, 0.3) is 0 Å². The van der Waals surface area contributed by atoms with Crippen molar-refractivity contribution in [3.63, 3.8) is 0 Å². The molecule has 82 valence electrons. The first-order chi connectivity index (χ1) is 6.36. The van der Waals surface area contributed by atoms with Gasteiger partial charge in [-0.2, -0.15) is 0 Å². The van der Waals surface area contributed by atoms with Gasteiger partial charge >= 0.3 is 0 Å². The second-order valence-corrected chi connectivity index (χ2v) is 3.29. The molecule has 0 heterocycles. The predicted molar refractivity (Wildman–Crippen MR) is 43.9 cm³/mol. The summed E-state index contributed by atoms with van der Waals surface area (Å²) in [4.78, 5) is 20.8. The molecule has 14 heavy (non-hydrogen) atoms. The van der Waals surface area contributed by atoms with Gasteiger partial charge in [0.15, 0.2) is 0 Å². The number of hydrogen-bond donors (Lipinski definition) is 0. The standard InChI is InChI=1S/C9H16O5/c1-4-9(3,5-2)14-6(7(10)11)8(12)13/h6H,4-5H2,1-3H3,(H,10,11)(H,12,13)/p-2. The second kappa shape index (κ2) is 4.95. The van der Waals surface area contributed by atoms with Crippen LogP contribution in [0.3, 0.4) is 0 Å². The number of carbonyl (C=O) groups excluding carboxylic acids is 2. The van der Waals surface area contributed by atoms with Crippen molar-refractivity contribution in [3.8, 4) is 0 Å². The highest BCUT2D eigenvalue weighted by Gasteiger charge is 2.26. The van der Waals surface area contributed by atoms with Gasteiger partial charge in [-0.15, -0.1) is 0 Å². The van der Waals surface area contributed by atoms with E-state index in [0.29, 0.717) is 12.8 Å². The van der Waals surface area contributed by atoms with Gasteiger partial charge in [0.25, 0.3) is 0 Å². The van der Waals surface area contributed by atoms with Gasteiger partial charge in [0, 0.05) is 0 Å². The van der Waals surface area contributed by atoms with Crippen LogP contribution < -0.4 is 10.2 Å². The first-order valence-corrected chi connectivity index (χ1v) is 4.45. The van der Waals surface area contributed by atoms with E-state index in [-0.39, 0.29) is 0 Å². The summed E-state index contributed by atoms with van der Waals surface area (Å²) in [5, 5.41) is 20.8. The molecule has 0 radical (unpaired) electrons. The van der Waals surface area contributed by atoms with Crippen LogP contribution in [0.2, 0.25) is 0 Å². The number of carboxylic acids is 2. The number of hydrogen-bond acceptors (Lipinski definition) is 5. The molecule has 0 fully saturated rings. The van der Waals surface area contributed by atoms with Gasteiger partial charge in [0.05, 0.1) is 17.5 Å². The molecule has 0 spiro atoms. The summed E-state index contributed by atoms with van der Waals surface area (Å²) in [7, 11) is 0. The third-order valence-corrected chi connectivity index (χ3v) is 2.33. The van der Waals surface area contributed by atoms with Crippen LogP contribution in [0.1, 0.15) is 33.6 Å². The minimum atomic E-state index is -2.00. The zero-order chi connectivity index (χ0) is 11.4. The van der Waals surface area contributed by atoms with E-state index >= 15 is 0 Å². The maximum atomic E-state index is 10.4. The molecule has 0 N–H and O–H groups in total. The minimum absolute atomic E-state index is 0.514. The Labute approximate surface area is 82.7 Å². The van der Waals surface area contributed by atoms with Gasteiger partial charge in [0.2, 0.25) is 0 Å². The van der Waals surface area contributed by atoms with Crippen molar-refractivity contribution >= 4 is 11.9 Å². The van der Waals surface area contributed by atoms with E-state index in [4.69, 9.17) is 4.74 Å². The number of ether oxygens (including phenoxy) is 1. The van der Waals surface area contributed by atoms with Crippen LogP contribution in [0.4, 0.5) is 0 Å². The Hall–Kier alpha value is -1.10. The summed E-state index contributed by atoms with van der Waals surface area (Å²) in [6.07, 6.45) is -0.971. The Kier molecular flexibility index (Phi) is 4.56. The normalized spacial score (nSPS) is 11.7. The zero-order valence-electron chi connectivity index (χ0n) is 8.53. The fraction of sp³-hybridized carbons (Fsp3) is 0.778. The van der Waals surface area contributed by atoms with Crippen LogP contribution in [0.15, 0.2) is 0 Å². The molecule has 5 nitrogen and oxygen atoms in total. The Morgan fingerprint density at radius 3 is 1.79 bits per heavy atom. The summed E-state index contributed by atoms with van der Waals surface area (Å²) < 4.78 is 4.94. The average Bonchev–Trinajstić information content (AvgIpc) is 2.13. The average molecular weight is 202 g/mol. The summed E-state index contributed by atoms with van der Waals surface area (Å²) in [6, 6.07) is 0. The highest BCUT2D eigenvalue weighted by atomic mass is 16.6. The summed E-state index contributed by atoms with van der Waals surface area (Å²) in [6.45, 7) is 5.21. The Bertz CT molecular complexity index is 205. The number of carboxylic acid groups (broad SMARTS) is 2. The van der Waals surface area contributed by atoms with Gasteiger partial charge in [-0.1, -0.05) is 13.8 Å². The molecule has 0 atom stereocenters. The van der Waals surface area contributed by atoms with E-state index in [2.05, 4.69) is 0 Å². The lowest BCUT2D eigenvalue weighted by Gasteiger charge is -2.33. The monoisotopic (exact) mass is 202 g/mol. The third-order valence-electron chi connectivity index (χ3n) is 2.33. The van der Waals surface area contributed by atoms with Crippen molar-refractivity contribution in [2.75, 3.05) is 0 Å². The molecule has 0 aliphatic heterocycles. The number of aliphatic carboxylic acids is 2. The van der Waals surface area contributed by atoms with Gasteiger partial charge in [-0.3, -0.25) is 0 Å². The molecule has 0 aromatic heterocycles. The summed E-state index contributed by atoms with van der Waals surface area (Å²) in [5.74, 6) is -3.56. The fourth-order valence-corrected chi connectivity index (χ4v) is 0.894. The molecule has 0 aliphatic carbocycles. The first kappa shape index (κ1) is 12.9. The Morgan fingerprint density at radius 2 is 1.57 bits per heavy atom. The Morgan fingerprint density at radius 1 is 1.21 bits per heavy atom.